The van der Waals surface area contributed by atoms with Gasteiger partial charge in [0.15, 0.2) is 5.78 Å². The highest BCUT2D eigenvalue weighted by Crippen LogP contribution is 2.29. The molecular formula is C28H31N5O2. The number of ketones is 1. The molecule has 2 heterocycles. The molecule has 1 saturated heterocycles. The third-order valence-electron chi connectivity index (χ3n) is 6.86. The monoisotopic (exact) mass is 469 g/mol. The molecule has 1 N–H and O–H groups in total. The number of hydrogen-bond donors (Lipinski definition) is 1. The van der Waals surface area contributed by atoms with E-state index in [9.17, 15) is 9.59 Å². The molecule has 3 aromatic rings. The second kappa shape index (κ2) is 10.5. The third kappa shape index (κ3) is 5.47. The van der Waals surface area contributed by atoms with Crippen molar-refractivity contribution in [3.63, 3.8) is 0 Å². The molecular weight excluding hydrogens is 438 g/mol. The van der Waals surface area contributed by atoms with Crippen LogP contribution in [-0.2, 0) is 11.2 Å². The lowest BCUT2D eigenvalue weighted by atomic mass is 9.88. The summed E-state index contributed by atoms with van der Waals surface area (Å²) >= 11 is 0. The largest absolute Gasteiger partial charge is 0.294 e. The number of hydrogen-bond acceptors (Lipinski definition) is 6. The molecule has 2 aromatic carbocycles. The Bertz CT molecular complexity index is 1140. The minimum atomic E-state index is -0.128. The molecule has 1 atom stereocenters. The predicted molar refractivity (Wildman–Crippen MR) is 135 cm³/mol. The highest BCUT2D eigenvalue weighted by Gasteiger charge is 2.28. The number of rotatable bonds is 6. The Hall–Kier alpha value is -3.42. The lowest BCUT2D eigenvalue weighted by Gasteiger charge is -2.39. The van der Waals surface area contributed by atoms with Crippen LogP contribution in [0.25, 0.3) is 0 Å². The van der Waals surface area contributed by atoms with E-state index in [1.807, 2.05) is 19.1 Å². The average Bonchev–Trinajstić information content (AvgIpc) is 2.86. The van der Waals surface area contributed by atoms with Crippen LogP contribution in [-0.4, -0.2) is 64.2 Å². The number of piperazine rings is 1. The number of benzene rings is 2. The van der Waals surface area contributed by atoms with Crippen molar-refractivity contribution in [3.8, 4) is 0 Å². The maximum Gasteiger partial charge on any atom is 0.240 e. The second-order valence-electron chi connectivity index (χ2n) is 9.57. The van der Waals surface area contributed by atoms with Gasteiger partial charge in [0.1, 0.15) is 0 Å². The summed E-state index contributed by atoms with van der Waals surface area (Å²) in [5, 5.41) is 2.83. The molecule has 2 aliphatic rings. The van der Waals surface area contributed by atoms with Crippen molar-refractivity contribution < 1.29 is 9.59 Å². The Labute approximate surface area is 206 Å². The summed E-state index contributed by atoms with van der Waals surface area (Å²) in [5.41, 5.74) is 3.88. The molecule has 1 aliphatic heterocycles. The molecule has 0 spiro atoms. The Morgan fingerprint density at radius 3 is 2.23 bits per heavy atom. The van der Waals surface area contributed by atoms with E-state index in [0.717, 1.165) is 38.3 Å². The minimum absolute atomic E-state index is 0.0822. The lowest BCUT2D eigenvalue weighted by molar-refractivity contribution is -0.117. The molecule has 1 fully saturated rings. The zero-order valence-electron chi connectivity index (χ0n) is 20.1. The van der Waals surface area contributed by atoms with Crippen LogP contribution >= 0.6 is 0 Å². The normalized spacial score (nSPS) is 18.9. The Kier molecular flexibility index (Phi) is 6.97. The van der Waals surface area contributed by atoms with Crippen molar-refractivity contribution in [2.24, 2.45) is 5.92 Å². The summed E-state index contributed by atoms with van der Waals surface area (Å²) in [6.07, 6.45) is 2.82. The number of amides is 1. The van der Waals surface area contributed by atoms with Gasteiger partial charge in [-0.15, -0.1) is 0 Å². The van der Waals surface area contributed by atoms with E-state index in [4.69, 9.17) is 0 Å². The molecule has 1 aromatic heterocycles. The third-order valence-corrected chi connectivity index (χ3v) is 6.86. The van der Waals surface area contributed by atoms with Crippen LogP contribution < -0.4 is 5.32 Å². The van der Waals surface area contributed by atoms with Crippen molar-refractivity contribution >= 4 is 17.6 Å². The van der Waals surface area contributed by atoms with Gasteiger partial charge in [-0.25, -0.2) is 9.97 Å². The molecule has 7 nitrogen and oxygen atoms in total. The van der Waals surface area contributed by atoms with Crippen LogP contribution in [0.4, 0.5) is 5.95 Å². The van der Waals surface area contributed by atoms with Crippen molar-refractivity contribution in [1.82, 2.24) is 19.8 Å². The van der Waals surface area contributed by atoms with Crippen molar-refractivity contribution in [1.29, 1.82) is 0 Å². The van der Waals surface area contributed by atoms with Crippen LogP contribution in [0.1, 0.15) is 46.6 Å². The van der Waals surface area contributed by atoms with Crippen LogP contribution in [0.15, 0.2) is 66.9 Å². The Balaban J connectivity index is 1.19. The lowest BCUT2D eigenvalue weighted by Crippen LogP contribution is -2.49. The number of Topliss-reactive ketones (excluding diaryl/α,β-unsaturated/α-hetero) is 1. The van der Waals surface area contributed by atoms with E-state index in [1.54, 1.807) is 6.20 Å². The summed E-state index contributed by atoms with van der Waals surface area (Å²) < 4.78 is 0. The standard InChI is InChI=1S/C28H31N5O2/c1-20-16-24-23(25(34)17-20)18-29-28(30-24)31-26(35)19-32-12-14-33(15-13-32)27(21-8-4-2-5-9-21)22-10-6-3-7-11-22/h2-11,18,20,27H,12-17,19H2,1H3,(H,29,30,31,35)/t20-/m1/s1. The molecule has 0 saturated carbocycles. The summed E-state index contributed by atoms with van der Waals surface area (Å²) in [6.45, 7) is 5.70. The van der Waals surface area contributed by atoms with E-state index >= 15 is 0 Å². The van der Waals surface area contributed by atoms with Crippen molar-refractivity contribution in [2.45, 2.75) is 25.8 Å². The highest BCUT2D eigenvalue weighted by molar-refractivity contribution is 5.98. The minimum Gasteiger partial charge on any atom is -0.294 e. The second-order valence-corrected chi connectivity index (χ2v) is 9.57. The van der Waals surface area contributed by atoms with Crippen molar-refractivity contribution in [2.75, 3.05) is 38.0 Å². The van der Waals surface area contributed by atoms with Gasteiger partial charge in [0.2, 0.25) is 11.9 Å². The molecule has 35 heavy (non-hydrogen) atoms. The first kappa shape index (κ1) is 23.3. The number of aromatic nitrogens is 2. The Morgan fingerprint density at radius 2 is 1.60 bits per heavy atom. The van der Waals surface area contributed by atoms with Gasteiger partial charge in [-0.3, -0.25) is 24.7 Å². The van der Waals surface area contributed by atoms with E-state index in [2.05, 4.69) is 73.6 Å². The molecule has 7 heteroatoms. The van der Waals surface area contributed by atoms with Gasteiger partial charge < -0.3 is 0 Å². The summed E-state index contributed by atoms with van der Waals surface area (Å²) in [7, 11) is 0. The average molecular weight is 470 g/mol. The van der Waals surface area contributed by atoms with Gasteiger partial charge in [-0.1, -0.05) is 67.6 Å². The molecule has 1 amide bonds. The smallest absolute Gasteiger partial charge is 0.240 e. The number of fused-ring (bicyclic) bond motifs is 1. The van der Waals surface area contributed by atoms with Gasteiger partial charge in [0, 0.05) is 38.8 Å². The zero-order chi connectivity index (χ0) is 24.2. The molecule has 0 unspecified atom stereocenters. The molecule has 0 bridgehead atoms. The van der Waals surface area contributed by atoms with Gasteiger partial charge in [-0.2, -0.15) is 0 Å². The first-order valence-corrected chi connectivity index (χ1v) is 12.3. The fraction of sp³-hybridized carbons (Fsp3) is 0.357. The van der Waals surface area contributed by atoms with E-state index in [-0.39, 0.29) is 29.6 Å². The molecule has 1 aliphatic carbocycles. The molecule has 5 rings (SSSR count). The first-order valence-electron chi connectivity index (χ1n) is 12.3. The fourth-order valence-corrected chi connectivity index (χ4v) is 5.13. The van der Waals surface area contributed by atoms with E-state index in [0.29, 0.717) is 18.5 Å². The van der Waals surface area contributed by atoms with Crippen molar-refractivity contribution in [3.05, 3.63) is 89.2 Å². The SMILES string of the molecule is C[C@H]1CC(=O)c2cnc(NC(=O)CN3CCN(C(c4ccccc4)c4ccccc4)CC3)nc2C1. The zero-order valence-corrected chi connectivity index (χ0v) is 20.1. The van der Waals surface area contributed by atoms with Gasteiger partial charge in [0.05, 0.1) is 23.8 Å². The maximum absolute atomic E-state index is 12.7. The van der Waals surface area contributed by atoms with Crippen LogP contribution in [0.5, 0.6) is 0 Å². The van der Waals surface area contributed by atoms with Gasteiger partial charge in [0.25, 0.3) is 0 Å². The highest BCUT2D eigenvalue weighted by atomic mass is 16.2. The van der Waals surface area contributed by atoms with Crippen LogP contribution in [0, 0.1) is 5.92 Å². The number of anilines is 1. The van der Waals surface area contributed by atoms with Crippen LogP contribution in [0.2, 0.25) is 0 Å². The quantitative estimate of drug-likeness (QED) is 0.595. The molecule has 0 radical (unpaired) electrons. The summed E-state index contributed by atoms with van der Waals surface area (Å²) in [6, 6.07) is 21.4. The summed E-state index contributed by atoms with van der Waals surface area (Å²) in [5.74, 6) is 0.498. The number of nitrogens with zero attached hydrogens (tertiary/aromatic N) is 4. The number of carbonyl (C=O) groups excluding carboxylic acids is 2. The number of nitrogens with one attached hydrogen (secondary N) is 1. The maximum atomic E-state index is 12.7. The van der Waals surface area contributed by atoms with Gasteiger partial charge in [-0.05, 0) is 23.5 Å². The number of carbonyl (C=O) groups is 2. The topological polar surface area (TPSA) is 78.4 Å². The van der Waals surface area contributed by atoms with E-state index < -0.39 is 0 Å². The predicted octanol–water partition coefficient (Wildman–Crippen LogP) is 3.59. The van der Waals surface area contributed by atoms with Gasteiger partial charge >= 0.3 is 0 Å². The first-order chi connectivity index (χ1) is 17.1. The molecule has 180 valence electrons. The van der Waals surface area contributed by atoms with E-state index in [1.165, 1.54) is 11.1 Å². The fourth-order valence-electron chi connectivity index (χ4n) is 5.13. The van der Waals surface area contributed by atoms with Crippen LogP contribution in [0.3, 0.4) is 0 Å². The summed E-state index contributed by atoms with van der Waals surface area (Å²) in [4.78, 5) is 38.2. The Morgan fingerprint density at radius 1 is 0.971 bits per heavy atom.